The zero-order chi connectivity index (χ0) is 21.1. The number of ether oxygens (including phenoxy) is 1. The Labute approximate surface area is 171 Å². The van der Waals surface area contributed by atoms with E-state index < -0.39 is 5.25 Å². The van der Waals surface area contributed by atoms with Crippen molar-refractivity contribution in [3.8, 4) is 5.75 Å². The van der Waals surface area contributed by atoms with E-state index in [0.29, 0.717) is 22.4 Å². The first-order valence-corrected chi connectivity index (χ1v) is 9.69. The highest BCUT2D eigenvalue weighted by Gasteiger charge is 2.21. The third-order valence-electron chi connectivity index (χ3n) is 4.33. The quantitative estimate of drug-likeness (QED) is 0.446. The molecule has 9 nitrogen and oxygen atoms in total. The highest BCUT2D eigenvalue weighted by Crippen LogP contribution is 2.24. The van der Waals surface area contributed by atoms with Crippen LogP contribution in [0.4, 0.5) is 10.1 Å². The van der Waals surface area contributed by atoms with E-state index in [1.807, 2.05) is 20.9 Å². The van der Waals surface area contributed by atoms with Crippen molar-refractivity contribution in [1.82, 2.24) is 24.7 Å². The smallest absolute Gasteiger partial charge is 0.237 e. The van der Waals surface area contributed by atoms with Gasteiger partial charge in [-0.05, 0) is 45.0 Å². The summed E-state index contributed by atoms with van der Waals surface area (Å²) in [7, 11) is 1.82. The number of aromatic nitrogens is 5. The fourth-order valence-electron chi connectivity index (χ4n) is 2.56. The highest BCUT2D eigenvalue weighted by molar-refractivity contribution is 8.00. The Hall–Kier alpha value is -3.08. The summed E-state index contributed by atoms with van der Waals surface area (Å²) in [6.45, 7) is 5.54. The molecular formula is C18H22FN7O2S. The molecule has 1 unspecified atom stereocenters. The molecule has 0 saturated carbocycles. The maximum atomic E-state index is 12.9. The van der Waals surface area contributed by atoms with Gasteiger partial charge in [0.2, 0.25) is 11.1 Å². The first-order chi connectivity index (χ1) is 13.8. The second-order valence-electron chi connectivity index (χ2n) is 6.43. The molecule has 3 aromatic rings. The lowest BCUT2D eigenvalue weighted by Gasteiger charge is -2.12. The first-order valence-electron chi connectivity index (χ1n) is 8.81. The summed E-state index contributed by atoms with van der Waals surface area (Å²) in [5.41, 5.74) is 2.32. The van der Waals surface area contributed by atoms with Crippen molar-refractivity contribution in [2.24, 2.45) is 7.05 Å². The molecule has 0 aliphatic heterocycles. The fourth-order valence-corrected chi connectivity index (χ4v) is 3.34. The van der Waals surface area contributed by atoms with Crippen LogP contribution in [0.2, 0.25) is 0 Å². The van der Waals surface area contributed by atoms with Crippen molar-refractivity contribution in [1.29, 1.82) is 0 Å². The lowest BCUT2D eigenvalue weighted by Crippen LogP contribution is -2.24. The van der Waals surface area contributed by atoms with Crippen molar-refractivity contribution in [2.75, 3.05) is 11.2 Å². The molecule has 2 aromatic heterocycles. The second kappa shape index (κ2) is 8.52. The first kappa shape index (κ1) is 20.6. The van der Waals surface area contributed by atoms with E-state index in [0.717, 1.165) is 11.4 Å². The third-order valence-corrected chi connectivity index (χ3v) is 5.38. The van der Waals surface area contributed by atoms with Crippen LogP contribution in [0, 0.1) is 19.7 Å². The highest BCUT2D eigenvalue weighted by atomic mass is 32.2. The van der Waals surface area contributed by atoms with Crippen molar-refractivity contribution < 1.29 is 13.9 Å². The molecule has 2 heterocycles. The minimum atomic E-state index is -0.466. The predicted molar refractivity (Wildman–Crippen MR) is 108 cm³/mol. The summed E-state index contributed by atoms with van der Waals surface area (Å²) < 4.78 is 21.5. The molecule has 0 spiro atoms. The van der Waals surface area contributed by atoms with Gasteiger partial charge in [-0.3, -0.25) is 9.48 Å². The minimum Gasteiger partial charge on any atom is -0.486 e. The van der Waals surface area contributed by atoms with E-state index in [1.54, 1.807) is 11.6 Å². The lowest BCUT2D eigenvalue weighted by atomic mass is 10.3. The SMILES string of the molecule is Cc1nn(C)c(C)c1NC(=O)C(C)Sc1nnc(COc2ccc(F)cc2)n1N. The predicted octanol–water partition coefficient (Wildman–Crippen LogP) is 2.18. The van der Waals surface area contributed by atoms with Gasteiger partial charge < -0.3 is 15.9 Å². The van der Waals surface area contributed by atoms with Crippen LogP contribution >= 0.6 is 11.8 Å². The van der Waals surface area contributed by atoms with Gasteiger partial charge in [0.15, 0.2) is 5.82 Å². The number of nitrogen functional groups attached to an aromatic ring is 1. The molecule has 0 bridgehead atoms. The summed E-state index contributed by atoms with van der Waals surface area (Å²) in [6.07, 6.45) is 0. The topological polar surface area (TPSA) is 113 Å². The summed E-state index contributed by atoms with van der Waals surface area (Å²) >= 11 is 1.18. The molecule has 3 rings (SSSR count). The normalized spacial score (nSPS) is 12.0. The van der Waals surface area contributed by atoms with Crippen molar-refractivity contribution in [3.63, 3.8) is 0 Å². The molecule has 0 saturated heterocycles. The molecule has 1 aromatic carbocycles. The minimum absolute atomic E-state index is 0.0599. The van der Waals surface area contributed by atoms with Crippen LogP contribution < -0.4 is 15.9 Å². The van der Waals surface area contributed by atoms with Crippen LogP contribution in [0.5, 0.6) is 5.75 Å². The summed E-state index contributed by atoms with van der Waals surface area (Å²) in [5.74, 6) is 6.35. The van der Waals surface area contributed by atoms with Gasteiger partial charge in [-0.2, -0.15) is 5.10 Å². The number of rotatable bonds is 7. The Morgan fingerprint density at radius 2 is 2.00 bits per heavy atom. The number of hydrogen-bond acceptors (Lipinski definition) is 7. The Bertz CT molecular complexity index is 1020. The zero-order valence-corrected chi connectivity index (χ0v) is 17.3. The Kier molecular flexibility index (Phi) is 6.06. The standard InChI is InChI=1S/C18H22FN7O2S/c1-10-16(11(2)25(4)24-10)21-17(27)12(3)29-18-23-22-15(26(18)20)9-28-14-7-5-13(19)6-8-14/h5-8,12H,9,20H2,1-4H3,(H,21,27). The average Bonchev–Trinajstić information content (AvgIpc) is 3.15. The number of nitrogens with one attached hydrogen (secondary N) is 1. The van der Waals surface area contributed by atoms with E-state index in [9.17, 15) is 9.18 Å². The van der Waals surface area contributed by atoms with Gasteiger partial charge in [-0.25, -0.2) is 9.07 Å². The van der Waals surface area contributed by atoms with Crippen molar-refractivity contribution in [2.45, 2.75) is 37.8 Å². The summed E-state index contributed by atoms with van der Waals surface area (Å²) in [4.78, 5) is 12.6. The molecule has 0 radical (unpaired) electrons. The number of nitrogens with two attached hydrogens (primary N) is 1. The van der Waals surface area contributed by atoms with Crippen LogP contribution in [0.25, 0.3) is 0 Å². The summed E-state index contributed by atoms with van der Waals surface area (Å²) in [5, 5.41) is 15.1. The van der Waals surface area contributed by atoms with Crippen LogP contribution in [0.15, 0.2) is 29.4 Å². The van der Waals surface area contributed by atoms with E-state index in [4.69, 9.17) is 10.6 Å². The molecule has 154 valence electrons. The van der Waals surface area contributed by atoms with Gasteiger partial charge in [-0.15, -0.1) is 10.2 Å². The number of thioether (sulfide) groups is 1. The molecular weight excluding hydrogens is 397 g/mol. The van der Waals surface area contributed by atoms with Gasteiger partial charge >= 0.3 is 0 Å². The number of carbonyl (C=O) groups excluding carboxylic acids is 1. The monoisotopic (exact) mass is 419 g/mol. The van der Waals surface area contributed by atoms with E-state index in [1.165, 1.54) is 40.7 Å². The van der Waals surface area contributed by atoms with E-state index in [-0.39, 0.29) is 18.3 Å². The average molecular weight is 419 g/mol. The molecule has 1 amide bonds. The number of benzene rings is 1. The number of nitrogens with zero attached hydrogens (tertiary/aromatic N) is 5. The number of halogens is 1. The number of amides is 1. The van der Waals surface area contributed by atoms with Gasteiger partial charge in [0.25, 0.3) is 0 Å². The molecule has 3 N–H and O–H groups in total. The Morgan fingerprint density at radius 1 is 1.31 bits per heavy atom. The molecule has 0 fully saturated rings. The molecule has 1 atom stereocenters. The number of anilines is 1. The zero-order valence-electron chi connectivity index (χ0n) is 16.5. The molecule has 0 aliphatic rings. The van der Waals surface area contributed by atoms with Crippen LogP contribution in [0.1, 0.15) is 24.1 Å². The third kappa shape index (κ3) is 4.67. The van der Waals surface area contributed by atoms with Crippen molar-refractivity contribution >= 4 is 23.4 Å². The molecule has 11 heteroatoms. The van der Waals surface area contributed by atoms with E-state index in [2.05, 4.69) is 20.6 Å². The fraction of sp³-hybridized carbons (Fsp3) is 0.333. The Morgan fingerprint density at radius 3 is 2.62 bits per heavy atom. The van der Waals surface area contributed by atoms with Gasteiger partial charge in [0.05, 0.1) is 22.3 Å². The number of aryl methyl sites for hydroxylation is 2. The largest absolute Gasteiger partial charge is 0.486 e. The lowest BCUT2D eigenvalue weighted by molar-refractivity contribution is -0.115. The second-order valence-corrected chi connectivity index (χ2v) is 7.74. The maximum absolute atomic E-state index is 12.9. The van der Waals surface area contributed by atoms with Crippen molar-refractivity contribution in [3.05, 3.63) is 47.3 Å². The van der Waals surface area contributed by atoms with Crippen LogP contribution in [-0.4, -0.2) is 35.8 Å². The number of carbonyl (C=O) groups is 1. The van der Waals surface area contributed by atoms with E-state index >= 15 is 0 Å². The van der Waals surface area contributed by atoms with Crippen LogP contribution in [-0.2, 0) is 18.4 Å². The Balaban J connectivity index is 1.61. The van der Waals surface area contributed by atoms with Gasteiger partial charge in [-0.1, -0.05) is 11.8 Å². The van der Waals surface area contributed by atoms with Gasteiger partial charge in [0.1, 0.15) is 18.2 Å². The number of hydrogen-bond donors (Lipinski definition) is 2. The maximum Gasteiger partial charge on any atom is 0.237 e. The van der Waals surface area contributed by atoms with Crippen LogP contribution in [0.3, 0.4) is 0 Å². The summed E-state index contributed by atoms with van der Waals surface area (Å²) in [6, 6.07) is 5.62. The van der Waals surface area contributed by atoms with Gasteiger partial charge in [0, 0.05) is 7.05 Å². The molecule has 0 aliphatic carbocycles. The molecule has 29 heavy (non-hydrogen) atoms.